The standard InChI is InChI=1S/C17H17N3O4/c1-11-3-2-4-13(9-11)20(8-7-15(18)21)16(22)14-6-5-12(10-19-14)17(23)24/h2-6,9-10H,7-8H2,1H3,(H2,18,21)(H,23,24). The third-order valence-electron chi connectivity index (χ3n) is 3.37. The number of primary amides is 1. The molecular formula is C17H17N3O4. The Balaban J connectivity index is 2.33. The topological polar surface area (TPSA) is 114 Å². The van der Waals surface area contributed by atoms with Crippen LogP contribution in [0, 0.1) is 6.92 Å². The summed E-state index contributed by atoms with van der Waals surface area (Å²) in [4.78, 5) is 40.0. The number of carboxylic acid groups (broad SMARTS) is 1. The molecule has 2 amide bonds. The summed E-state index contributed by atoms with van der Waals surface area (Å²) in [6.45, 7) is 2.00. The van der Waals surface area contributed by atoms with Crippen molar-refractivity contribution in [3.05, 3.63) is 59.4 Å². The molecule has 0 aliphatic rings. The van der Waals surface area contributed by atoms with Gasteiger partial charge in [-0.25, -0.2) is 4.79 Å². The van der Waals surface area contributed by atoms with E-state index < -0.39 is 17.8 Å². The average Bonchev–Trinajstić information content (AvgIpc) is 2.54. The predicted octanol–water partition coefficient (Wildman–Crippen LogP) is 1.61. The molecule has 0 unspecified atom stereocenters. The van der Waals surface area contributed by atoms with Crippen molar-refractivity contribution < 1.29 is 19.5 Å². The molecule has 0 radical (unpaired) electrons. The molecule has 0 saturated heterocycles. The van der Waals surface area contributed by atoms with Crippen molar-refractivity contribution in [2.75, 3.05) is 11.4 Å². The summed E-state index contributed by atoms with van der Waals surface area (Å²) in [5.41, 5.74) is 6.84. The number of hydrogen-bond donors (Lipinski definition) is 2. The number of hydrogen-bond acceptors (Lipinski definition) is 4. The highest BCUT2D eigenvalue weighted by atomic mass is 16.4. The van der Waals surface area contributed by atoms with Gasteiger partial charge in [-0.15, -0.1) is 0 Å². The second-order valence-corrected chi connectivity index (χ2v) is 5.25. The minimum Gasteiger partial charge on any atom is -0.478 e. The Hall–Kier alpha value is -3.22. The third kappa shape index (κ3) is 4.16. The maximum absolute atomic E-state index is 12.7. The maximum Gasteiger partial charge on any atom is 0.337 e. The van der Waals surface area contributed by atoms with E-state index in [0.29, 0.717) is 5.69 Å². The molecule has 1 aromatic heterocycles. The second kappa shape index (κ2) is 7.36. The second-order valence-electron chi connectivity index (χ2n) is 5.25. The molecule has 0 atom stereocenters. The summed E-state index contributed by atoms with van der Waals surface area (Å²) >= 11 is 0. The van der Waals surface area contributed by atoms with Gasteiger partial charge in [0, 0.05) is 24.8 Å². The smallest absolute Gasteiger partial charge is 0.337 e. The van der Waals surface area contributed by atoms with Gasteiger partial charge in [0.1, 0.15) is 5.69 Å². The molecule has 1 aromatic carbocycles. The van der Waals surface area contributed by atoms with Crippen LogP contribution in [0.25, 0.3) is 0 Å². The van der Waals surface area contributed by atoms with Crippen LogP contribution in [0.5, 0.6) is 0 Å². The van der Waals surface area contributed by atoms with Crippen LogP contribution in [0.15, 0.2) is 42.6 Å². The Labute approximate surface area is 138 Å². The molecule has 2 rings (SSSR count). The van der Waals surface area contributed by atoms with Crippen molar-refractivity contribution in [3.63, 3.8) is 0 Å². The number of benzene rings is 1. The number of pyridine rings is 1. The molecule has 124 valence electrons. The van der Waals surface area contributed by atoms with E-state index in [0.717, 1.165) is 11.8 Å². The molecule has 3 N–H and O–H groups in total. The Bertz CT molecular complexity index is 772. The summed E-state index contributed by atoms with van der Waals surface area (Å²) in [5, 5.41) is 8.89. The van der Waals surface area contributed by atoms with E-state index in [1.54, 1.807) is 12.1 Å². The first-order chi connectivity index (χ1) is 11.4. The van der Waals surface area contributed by atoms with Crippen LogP contribution in [0.1, 0.15) is 32.8 Å². The number of aromatic nitrogens is 1. The number of carbonyl (C=O) groups excluding carboxylic acids is 2. The van der Waals surface area contributed by atoms with Crippen molar-refractivity contribution in [1.29, 1.82) is 0 Å². The minimum atomic E-state index is -1.12. The number of aryl methyl sites for hydroxylation is 1. The number of nitrogens with zero attached hydrogens (tertiary/aromatic N) is 2. The van der Waals surface area contributed by atoms with Crippen molar-refractivity contribution in [2.45, 2.75) is 13.3 Å². The zero-order chi connectivity index (χ0) is 17.7. The molecule has 0 saturated carbocycles. The number of carbonyl (C=O) groups is 3. The lowest BCUT2D eigenvalue weighted by atomic mass is 10.1. The summed E-state index contributed by atoms with van der Waals surface area (Å²) in [7, 11) is 0. The molecule has 24 heavy (non-hydrogen) atoms. The van der Waals surface area contributed by atoms with Crippen molar-refractivity contribution in [2.24, 2.45) is 5.73 Å². The van der Waals surface area contributed by atoms with E-state index in [1.807, 2.05) is 19.1 Å². The van der Waals surface area contributed by atoms with Crippen LogP contribution in [0.3, 0.4) is 0 Å². The molecule has 0 fully saturated rings. The molecule has 1 heterocycles. The predicted molar refractivity (Wildman–Crippen MR) is 87.9 cm³/mol. The van der Waals surface area contributed by atoms with Gasteiger partial charge in [-0.3, -0.25) is 14.6 Å². The van der Waals surface area contributed by atoms with Crippen LogP contribution in [-0.4, -0.2) is 34.4 Å². The molecule has 7 heteroatoms. The fraction of sp³-hybridized carbons (Fsp3) is 0.176. The first kappa shape index (κ1) is 17.1. The molecule has 0 bridgehead atoms. The summed E-state index contributed by atoms with van der Waals surface area (Å²) in [6.07, 6.45) is 1.13. The SMILES string of the molecule is Cc1cccc(N(CCC(N)=O)C(=O)c2ccc(C(=O)O)cn2)c1. The van der Waals surface area contributed by atoms with Crippen molar-refractivity contribution in [1.82, 2.24) is 4.98 Å². The van der Waals surface area contributed by atoms with E-state index in [-0.39, 0.29) is 24.2 Å². The van der Waals surface area contributed by atoms with Gasteiger partial charge in [0.05, 0.1) is 5.56 Å². The van der Waals surface area contributed by atoms with Gasteiger partial charge in [-0.2, -0.15) is 0 Å². The lowest BCUT2D eigenvalue weighted by Crippen LogP contribution is -2.34. The average molecular weight is 327 g/mol. The molecule has 0 aliphatic carbocycles. The highest BCUT2D eigenvalue weighted by molar-refractivity contribution is 6.05. The molecule has 0 aliphatic heterocycles. The van der Waals surface area contributed by atoms with Crippen LogP contribution in [0.2, 0.25) is 0 Å². The van der Waals surface area contributed by atoms with Crippen molar-refractivity contribution in [3.8, 4) is 0 Å². The zero-order valence-electron chi connectivity index (χ0n) is 13.1. The van der Waals surface area contributed by atoms with Crippen LogP contribution in [0.4, 0.5) is 5.69 Å². The third-order valence-corrected chi connectivity index (χ3v) is 3.37. The van der Waals surface area contributed by atoms with E-state index in [2.05, 4.69) is 4.98 Å². The number of aromatic carboxylic acids is 1. The van der Waals surface area contributed by atoms with E-state index in [9.17, 15) is 14.4 Å². The lowest BCUT2D eigenvalue weighted by molar-refractivity contribution is -0.117. The number of nitrogens with two attached hydrogens (primary N) is 1. The van der Waals surface area contributed by atoms with E-state index in [4.69, 9.17) is 10.8 Å². The van der Waals surface area contributed by atoms with Crippen LogP contribution in [-0.2, 0) is 4.79 Å². The lowest BCUT2D eigenvalue weighted by Gasteiger charge is -2.22. The first-order valence-electron chi connectivity index (χ1n) is 7.24. The van der Waals surface area contributed by atoms with Gasteiger partial charge in [-0.05, 0) is 36.8 Å². The molecule has 0 spiro atoms. The Morgan fingerprint density at radius 1 is 1.21 bits per heavy atom. The molecule has 7 nitrogen and oxygen atoms in total. The van der Waals surface area contributed by atoms with E-state index in [1.165, 1.54) is 17.0 Å². The largest absolute Gasteiger partial charge is 0.478 e. The number of rotatable bonds is 6. The summed E-state index contributed by atoms with van der Waals surface area (Å²) in [5.74, 6) is -2.07. The monoisotopic (exact) mass is 327 g/mol. The molecule has 2 aromatic rings. The van der Waals surface area contributed by atoms with Crippen LogP contribution < -0.4 is 10.6 Å². The number of anilines is 1. The Kier molecular flexibility index (Phi) is 5.26. The highest BCUT2D eigenvalue weighted by Gasteiger charge is 2.20. The van der Waals surface area contributed by atoms with E-state index >= 15 is 0 Å². The van der Waals surface area contributed by atoms with Crippen molar-refractivity contribution >= 4 is 23.5 Å². The summed E-state index contributed by atoms with van der Waals surface area (Å²) in [6, 6.07) is 9.91. The maximum atomic E-state index is 12.7. The normalized spacial score (nSPS) is 10.2. The van der Waals surface area contributed by atoms with Gasteiger partial charge < -0.3 is 15.7 Å². The Morgan fingerprint density at radius 3 is 2.50 bits per heavy atom. The zero-order valence-corrected chi connectivity index (χ0v) is 13.1. The van der Waals surface area contributed by atoms with Crippen LogP contribution >= 0.6 is 0 Å². The van der Waals surface area contributed by atoms with Gasteiger partial charge in [0.2, 0.25) is 5.91 Å². The highest BCUT2D eigenvalue weighted by Crippen LogP contribution is 2.19. The molecular weight excluding hydrogens is 310 g/mol. The Morgan fingerprint density at radius 2 is 1.96 bits per heavy atom. The number of amides is 2. The summed E-state index contributed by atoms with van der Waals surface area (Å²) < 4.78 is 0. The van der Waals surface area contributed by atoms with Gasteiger partial charge >= 0.3 is 5.97 Å². The number of carboxylic acids is 1. The quantitative estimate of drug-likeness (QED) is 0.836. The fourth-order valence-electron chi connectivity index (χ4n) is 2.15. The first-order valence-corrected chi connectivity index (χ1v) is 7.24. The fourth-order valence-corrected chi connectivity index (χ4v) is 2.15. The van der Waals surface area contributed by atoms with Gasteiger partial charge in [-0.1, -0.05) is 12.1 Å². The van der Waals surface area contributed by atoms with Gasteiger partial charge in [0.15, 0.2) is 0 Å². The minimum absolute atomic E-state index is 0.00684. The van der Waals surface area contributed by atoms with Gasteiger partial charge in [0.25, 0.3) is 5.91 Å².